The molecule has 0 heterocycles. The van der Waals surface area contributed by atoms with E-state index in [9.17, 15) is 5.11 Å². The van der Waals surface area contributed by atoms with Crippen LogP contribution >= 0.6 is 0 Å². The Morgan fingerprint density at radius 2 is 1.94 bits per heavy atom. The van der Waals surface area contributed by atoms with Crippen molar-refractivity contribution >= 4 is 5.69 Å². The minimum Gasteiger partial charge on any atom is -0.508 e. The number of rotatable bonds is 3. The lowest BCUT2D eigenvalue weighted by molar-refractivity contribution is 0.469. The average molecular weight is 226 g/mol. The van der Waals surface area contributed by atoms with Crippen molar-refractivity contribution in [1.29, 1.82) is 0 Å². The zero-order valence-corrected chi connectivity index (χ0v) is 10.1. The largest absolute Gasteiger partial charge is 0.508 e. The minimum absolute atomic E-state index is 0.353. The van der Waals surface area contributed by atoms with Crippen LogP contribution < -0.4 is 4.90 Å². The third-order valence-corrected chi connectivity index (χ3v) is 2.72. The lowest BCUT2D eigenvalue weighted by Gasteiger charge is -2.13. The van der Waals surface area contributed by atoms with Gasteiger partial charge in [-0.1, -0.05) is 30.3 Å². The molecule has 0 fully saturated rings. The Bertz CT molecular complexity index is 506. The van der Waals surface area contributed by atoms with Crippen LogP contribution in [0.5, 0.6) is 5.75 Å². The van der Waals surface area contributed by atoms with E-state index in [1.807, 2.05) is 49.3 Å². The van der Waals surface area contributed by atoms with Crippen LogP contribution in [0.3, 0.4) is 0 Å². The number of anilines is 1. The van der Waals surface area contributed by atoms with Gasteiger partial charge in [-0.2, -0.15) is 0 Å². The molecule has 1 N–H and O–H groups in total. The van der Waals surface area contributed by atoms with Crippen LogP contribution in [0.25, 0.3) is 0 Å². The summed E-state index contributed by atoms with van der Waals surface area (Å²) in [5, 5.41) is 9.73. The monoisotopic (exact) mass is 226 g/mol. The molecule has 0 atom stereocenters. The molecule has 2 aromatic rings. The summed E-state index contributed by atoms with van der Waals surface area (Å²) in [4.78, 5) is 2.02. The number of phenols is 1. The van der Waals surface area contributed by atoms with Gasteiger partial charge in [0.05, 0.1) is 0 Å². The summed E-state index contributed by atoms with van der Waals surface area (Å²) >= 11 is 0. The fraction of sp³-hybridized carbons (Fsp3) is 0.200. The van der Waals surface area contributed by atoms with E-state index < -0.39 is 0 Å². The van der Waals surface area contributed by atoms with Crippen LogP contribution in [0.4, 0.5) is 5.69 Å². The molecule has 0 saturated carbocycles. The lowest BCUT2D eigenvalue weighted by atomic mass is 10.0. The van der Waals surface area contributed by atoms with Gasteiger partial charge in [0, 0.05) is 32.3 Å². The van der Waals surface area contributed by atoms with Gasteiger partial charge in [0.1, 0.15) is 5.75 Å². The molecule has 0 spiro atoms. The molecule has 87 valence electrons. The first kappa shape index (κ1) is 11.5. The maximum absolute atomic E-state index is 9.73. The van der Waals surface area contributed by atoms with Crippen molar-refractivity contribution in [2.75, 3.05) is 19.0 Å². The highest BCUT2D eigenvalue weighted by atomic mass is 16.3. The Kier molecular flexibility index (Phi) is 3.33. The van der Waals surface area contributed by atoms with Gasteiger partial charge in [0.15, 0.2) is 0 Å². The maximum atomic E-state index is 9.73. The molecule has 0 aliphatic rings. The summed E-state index contributed by atoms with van der Waals surface area (Å²) in [6.07, 6.45) is 0.738. The molecular formula is C15H16NO. The van der Waals surface area contributed by atoms with E-state index in [1.165, 1.54) is 5.56 Å². The van der Waals surface area contributed by atoms with Gasteiger partial charge in [0.2, 0.25) is 0 Å². The Hall–Kier alpha value is -1.96. The van der Waals surface area contributed by atoms with Crippen molar-refractivity contribution in [2.24, 2.45) is 0 Å². The molecule has 0 aromatic heterocycles. The predicted octanol–water partition coefficient (Wildman–Crippen LogP) is 2.85. The number of phenolic OH excluding ortho intramolecular Hbond substituents is 1. The fourth-order valence-electron chi connectivity index (χ4n) is 1.75. The standard InChI is InChI=1S/C15H16NO/c1-16(2)14-8-5-6-12(11-14)10-13-7-3-4-9-15(13)17/h3-7,9,11,17H,10H2,1-2H3. The Balaban J connectivity index is 2.25. The van der Waals surface area contributed by atoms with Gasteiger partial charge in [-0.25, -0.2) is 0 Å². The van der Waals surface area contributed by atoms with Crippen LogP contribution in [-0.4, -0.2) is 19.2 Å². The van der Waals surface area contributed by atoms with Crippen molar-refractivity contribution < 1.29 is 5.11 Å². The van der Waals surface area contributed by atoms with E-state index in [4.69, 9.17) is 0 Å². The second-order valence-electron chi connectivity index (χ2n) is 4.28. The van der Waals surface area contributed by atoms with Gasteiger partial charge in [0.25, 0.3) is 0 Å². The van der Waals surface area contributed by atoms with Crippen LogP contribution in [0, 0.1) is 6.07 Å². The van der Waals surface area contributed by atoms with Crippen LogP contribution in [0.2, 0.25) is 0 Å². The molecule has 17 heavy (non-hydrogen) atoms. The van der Waals surface area contributed by atoms with E-state index in [1.54, 1.807) is 6.07 Å². The van der Waals surface area contributed by atoms with Gasteiger partial charge < -0.3 is 10.0 Å². The summed E-state index contributed by atoms with van der Waals surface area (Å²) in [5.41, 5.74) is 3.18. The number of benzene rings is 2. The molecule has 2 heteroatoms. The fourth-order valence-corrected chi connectivity index (χ4v) is 1.75. The maximum Gasteiger partial charge on any atom is 0.119 e. The van der Waals surface area contributed by atoms with Crippen LogP contribution in [0.1, 0.15) is 11.1 Å². The van der Waals surface area contributed by atoms with Crippen molar-refractivity contribution in [3.8, 4) is 5.75 Å². The van der Waals surface area contributed by atoms with Crippen molar-refractivity contribution in [2.45, 2.75) is 6.42 Å². The molecule has 0 unspecified atom stereocenters. The summed E-state index contributed by atoms with van der Waals surface area (Å²) in [6, 6.07) is 16.7. The number of hydrogen-bond acceptors (Lipinski definition) is 2. The van der Waals surface area contributed by atoms with Crippen molar-refractivity contribution in [3.05, 3.63) is 59.7 Å². The van der Waals surface area contributed by atoms with Gasteiger partial charge >= 0.3 is 0 Å². The van der Waals surface area contributed by atoms with Gasteiger partial charge in [-0.15, -0.1) is 0 Å². The van der Waals surface area contributed by atoms with E-state index in [0.29, 0.717) is 5.75 Å². The number of aromatic hydroxyl groups is 1. The minimum atomic E-state index is 0.353. The van der Waals surface area contributed by atoms with Gasteiger partial charge in [-0.05, 0) is 23.3 Å². The predicted molar refractivity (Wildman–Crippen MR) is 70.5 cm³/mol. The molecule has 0 aliphatic carbocycles. The first-order valence-corrected chi connectivity index (χ1v) is 5.61. The second kappa shape index (κ2) is 4.91. The third kappa shape index (κ3) is 2.78. The second-order valence-corrected chi connectivity index (χ2v) is 4.28. The van der Waals surface area contributed by atoms with E-state index in [0.717, 1.165) is 17.7 Å². The topological polar surface area (TPSA) is 23.5 Å². The molecule has 2 nitrogen and oxygen atoms in total. The average Bonchev–Trinajstić information content (AvgIpc) is 2.32. The third-order valence-electron chi connectivity index (χ3n) is 2.72. The molecule has 2 aromatic carbocycles. The molecular weight excluding hydrogens is 210 g/mol. The number of para-hydroxylation sites is 1. The van der Waals surface area contributed by atoms with Crippen molar-refractivity contribution in [3.63, 3.8) is 0 Å². The van der Waals surface area contributed by atoms with Gasteiger partial charge in [-0.3, -0.25) is 0 Å². The molecule has 0 saturated heterocycles. The smallest absolute Gasteiger partial charge is 0.119 e. The molecule has 0 amide bonds. The molecule has 2 rings (SSSR count). The quantitative estimate of drug-likeness (QED) is 0.870. The lowest BCUT2D eigenvalue weighted by Crippen LogP contribution is -2.08. The highest BCUT2D eigenvalue weighted by Crippen LogP contribution is 2.21. The van der Waals surface area contributed by atoms with Crippen LogP contribution in [-0.2, 0) is 6.42 Å². The molecule has 0 bridgehead atoms. The van der Waals surface area contributed by atoms with Crippen LogP contribution in [0.15, 0.2) is 42.5 Å². The van der Waals surface area contributed by atoms with E-state index >= 15 is 0 Å². The zero-order valence-electron chi connectivity index (χ0n) is 10.1. The van der Waals surface area contributed by atoms with Crippen molar-refractivity contribution in [1.82, 2.24) is 0 Å². The molecule has 1 radical (unpaired) electrons. The normalized spacial score (nSPS) is 10.2. The highest BCUT2D eigenvalue weighted by Gasteiger charge is 2.03. The number of hydrogen-bond donors (Lipinski definition) is 1. The summed E-state index contributed by atoms with van der Waals surface area (Å²) < 4.78 is 0. The SMILES string of the molecule is CN(C)c1[c]ccc(Cc2ccccc2O)c1. The zero-order chi connectivity index (χ0) is 12.3. The molecule has 0 aliphatic heterocycles. The number of nitrogens with zero attached hydrogens (tertiary/aromatic N) is 1. The highest BCUT2D eigenvalue weighted by molar-refractivity contribution is 5.47. The first-order valence-electron chi connectivity index (χ1n) is 5.61. The first-order chi connectivity index (χ1) is 8.16. The Morgan fingerprint density at radius 3 is 2.65 bits per heavy atom. The Labute approximate surface area is 102 Å². The van der Waals surface area contributed by atoms with E-state index in [-0.39, 0.29) is 0 Å². The van der Waals surface area contributed by atoms with E-state index in [2.05, 4.69) is 12.1 Å². The summed E-state index contributed by atoms with van der Waals surface area (Å²) in [6.45, 7) is 0. The Morgan fingerprint density at radius 1 is 1.18 bits per heavy atom. The summed E-state index contributed by atoms with van der Waals surface area (Å²) in [5.74, 6) is 0.353. The summed E-state index contributed by atoms with van der Waals surface area (Å²) in [7, 11) is 3.99.